The van der Waals surface area contributed by atoms with Crippen LogP contribution in [0.15, 0.2) is 82.6 Å². The van der Waals surface area contributed by atoms with Crippen molar-refractivity contribution in [3.05, 3.63) is 89.5 Å². The summed E-state index contributed by atoms with van der Waals surface area (Å²) in [5, 5.41) is 23.0. The fraction of sp³-hybridized carbons (Fsp3) is 0.174. The van der Waals surface area contributed by atoms with Gasteiger partial charge in [-0.25, -0.2) is 8.42 Å². The number of carbonyl (C=O) groups is 1. The number of benzene rings is 3. The summed E-state index contributed by atoms with van der Waals surface area (Å²) < 4.78 is 25.7. The number of aromatic hydroxyl groups is 1. The lowest BCUT2D eigenvalue weighted by Crippen LogP contribution is -2.23. The van der Waals surface area contributed by atoms with Crippen LogP contribution in [0, 0.1) is 0 Å². The van der Waals surface area contributed by atoms with Gasteiger partial charge < -0.3 is 21.3 Å². The van der Waals surface area contributed by atoms with Crippen LogP contribution in [0.25, 0.3) is 0 Å². The number of nitrogens with one attached hydrogen (secondary N) is 1. The third-order valence-corrected chi connectivity index (χ3v) is 6.66. The Kier molecular flexibility index (Phi) is 7.06. The van der Waals surface area contributed by atoms with Gasteiger partial charge in [0.15, 0.2) is 0 Å². The van der Waals surface area contributed by atoms with Gasteiger partial charge in [0.1, 0.15) is 5.75 Å². The lowest BCUT2D eigenvalue weighted by molar-refractivity contribution is 0.0997. The third kappa shape index (κ3) is 5.49. The normalized spacial score (nSPS) is 12.4. The van der Waals surface area contributed by atoms with Gasteiger partial charge in [0.05, 0.1) is 21.5 Å². The number of aliphatic hydroxyl groups is 1. The van der Waals surface area contributed by atoms with E-state index in [1.54, 1.807) is 12.1 Å². The maximum absolute atomic E-state index is 12.8. The van der Waals surface area contributed by atoms with Gasteiger partial charge in [-0.1, -0.05) is 42.5 Å². The molecule has 0 heterocycles. The molecule has 0 saturated heterocycles. The van der Waals surface area contributed by atoms with Crippen LogP contribution in [0.5, 0.6) is 5.75 Å². The molecule has 3 aromatic rings. The molecule has 0 spiro atoms. The maximum Gasteiger partial charge on any atom is 0.252 e. The number of hydrogen-bond acceptors (Lipinski definition) is 6. The predicted octanol–water partition coefficient (Wildman–Crippen LogP) is 2.19. The van der Waals surface area contributed by atoms with E-state index in [0.29, 0.717) is 19.5 Å². The average molecular weight is 441 g/mol. The molecule has 0 unspecified atom stereocenters. The van der Waals surface area contributed by atoms with E-state index in [1.165, 1.54) is 18.2 Å². The van der Waals surface area contributed by atoms with E-state index in [9.17, 15) is 23.4 Å². The second kappa shape index (κ2) is 9.74. The summed E-state index contributed by atoms with van der Waals surface area (Å²) in [4.78, 5) is 11.3. The highest BCUT2D eigenvalue weighted by Crippen LogP contribution is 2.26. The molecule has 3 rings (SSSR count). The largest absolute Gasteiger partial charge is 0.507 e. The first-order chi connectivity index (χ1) is 14.8. The average Bonchev–Trinajstić information content (AvgIpc) is 2.77. The molecule has 5 N–H and O–H groups in total. The molecule has 0 aliphatic heterocycles. The number of aliphatic hydroxyl groups excluding tert-OH is 1. The van der Waals surface area contributed by atoms with Gasteiger partial charge in [-0.15, -0.1) is 0 Å². The summed E-state index contributed by atoms with van der Waals surface area (Å²) in [6.45, 7) is 1.04. The van der Waals surface area contributed by atoms with Crippen LogP contribution >= 0.6 is 0 Å². The fourth-order valence-corrected chi connectivity index (χ4v) is 4.40. The number of nitrogens with two attached hydrogens (primary N) is 1. The van der Waals surface area contributed by atoms with Crippen LogP contribution < -0.4 is 11.1 Å². The quantitative estimate of drug-likeness (QED) is 0.378. The Hall–Kier alpha value is -3.20. The van der Waals surface area contributed by atoms with E-state index < -0.39 is 21.8 Å². The van der Waals surface area contributed by atoms with Gasteiger partial charge in [-0.05, 0) is 54.4 Å². The summed E-state index contributed by atoms with van der Waals surface area (Å²) in [5.41, 5.74) is 6.71. The molecule has 162 valence electrons. The molecule has 0 aliphatic carbocycles. The standard InChI is InChI=1S/C23H24N2O5S/c24-23(28)20-14-19(10-11-21(20)26)31(29,30)18-8-6-16(7-9-18)12-13-25-15-22(27)17-4-2-1-3-5-17/h1-11,14,22,25-27H,12-13,15H2,(H2,24,28)/t22-/m0/s1. The van der Waals surface area contributed by atoms with Gasteiger partial charge in [-0.2, -0.15) is 0 Å². The van der Waals surface area contributed by atoms with E-state index in [-0.39, 0.29) is 21.1 Å². The van der Waals surface area contributed by atoms with Gasteiger partial charge in [0, 0.05) is 6.54 Å². The minimum absolute atomic E-state index is 0.0739. The minimum Gasteiger partial charge on any atom is -0.507 e. The number of phenols is 1. The summed E-state index contributed by atoms with van der Waals surface area (Å²) in [7, 11) is -3.86. The van der Waals surface area contributed by atoms with Crippen LogP contribution in [-0.4, -0.2) is 37.6 Å². The lowest BCUT2D eigenvalue weighted by atomic mass is 10.1. The van der Waals surface area contributed by atoms with E-state index in [0.717, 1.165) is 23.3 Å². The zero-order chi connectivity index (χ0) is 22.4. The molecule has 0 fully saturated rings. The van der Waals surface area contributed by atoms with Crippen molar-refractivity contribution in [2.24, 2.45) is 5.73 Å². The monoisotopic (exact) mass is 440 g/mol. The third-order valence-electron chi connectivity index (χ3n) is 4.89. The van der Waals surface area contributed by atoms with Crippen molar-refractivity contribution < 1.29 is 23.4 Å². The molecular formula is C23H24N2O5S. The number of amides is 1. The Morgan fingerprint density at radius 2 is 1.61 bits per heavy atom. The van der Waals surface area contributed by atoms with Crippen LogP contribution in [0.4, 0.5) is 0 Å². The van der Waals surface area contributed by atoms with E-state index in [4.69, 9.17) is 5.73 Å². The molecule has 31 heavy (non-hydrogen) atoms. The first-order valence-electron chi connectivity index (χ1n) is 9.69. The van der Waals surface area contributed by atoms with Crippen LogP contribution in [0.1, 0.15) is 27.6 Å². The van der Waals surface area contributed by atoms with Gasteiger partial charge in [-0.3, -0.25) is 4.79 Å². The second-order valence-electron chi connectivity index (χ2n) is 7.07. The van der Waals surface area contributed by atoms with Crippen LogP contribution in [-0.2, 0) is 16.3 Å². The molecule has 1 atom stereocenters. The predicted molar refractivity (Wildman–Crippen MR) is 116 cm³/mol. The zero-order valence-electron chi connectivity index (χ0n) is 16.7. The molecule has 0 aromatic heterocycles. The number of primary amides is 1. The number of carbonyl (C=O) groups excluding carboxylic acids is 1. The van der Waals surface area contributed by atoms with E-state index in [2.05, 4.69) is 5.32 Å². The number of sulfone groups is 1. The SMILES string of the molecule is NC(=O)c1cc(S(=O)(=O)c2ccc(CCNC[C@H](O)c3ccccc3)cc2)ccc1O. The van der Waals surface area contributed by atoms with Crippen LogP contribution in [0.3, 0.4) is 0 Å². The Morgan fingerprint density at radius 3 is 2.26 bits per heavy atom. The topological polar surface area (TPSA) is 130 Å². The molecule has 3 aromatic carbocycles. The second-order valence-corrected chi connectivity index (χ2v) is 9.02. The number of hydrogen-bond donors (Lipinski definition) is 4. The van der Waals surface area contributed by atoms with Crippen molar-refractivity contribution in [3.8, 4) is 5.75 Å². The summed E-state index contributed by atoms with van der Waals surface area (Å²) >= 11 is 0. The van der Waals surface area contributed by atoms with Crippen molar-refractivity contribution in [2.75, 3.05) is 13.1 Å². The first-order valence-corrected chi connectivity index (χ1v) is 11.2. The molecule has 8 heteroatoms. The van der Waals surface area contributed by atoms with Crippen LogP contribution in [0.2, 0.25) is 0 Å². The summed E-state index contributed by atoms with van der Waals surface area (Å²) in [6.07, 6.45) is 0.0664. The minimum atomic E-state index is -3.86. The molecule has 0 aliphatic rings. The Labute approximate surface area is 181 Å². The maximum atomic E-state index is 12.8. The van der Waals surface area contributed by atoms with Crippen molar-refractivity contribution in [1.29, 1.82) is 0 Å². The summed E-state index contributed by atoms with van der Waals surface area (Å²) in [6, 6.07) is 19.3. The van der Waals surface area contributed by atoms with Crippen molar-refractivity contribution >= 4 is 15.7 Å². The van der Waals surface area contributed by atoms with Crippen molar-refractivity contribution in [2.45, 2.75) is 22.3 Å². The lowest BCUT2D eigenvalue weighted by Gasteiger charge is -2.12. The van der Waals surface area contributed by atoms with E-state index in [1.807, 2.05) is 30.3 Å². The highest BCUT2D eigenvalue weighted by Gasteiger charge is 2.20. The molecule has 1 amide bonds. The fourth-order valence-electron chi connectivity index (χ4n) is 3.12. The van der Waals surface area contributed by atoms with Crippen molar-refractivity contribution in [3.63, 3.8) is 0 Å². The molecule has 7 nitrogen and oxygen atoms in total. The molecule has 0 bridgehead atoms. The Balaban J connectivity index is 1.61. The molecule has 0 saturated carbocycles. The van der Waals surface area contributed by atoms with Gasteiger partial charge in [0.2, 0.25) is 9.84 Å². The smallest absolute Gasteiger partial charge is 0.252 e. The molecule has 0 radical (unpaired) electrons. The van der Waals surface area contributed by atoms with Gasteiger partial charge >= 0.3 is 0 Å². The Bertz CT molecular complexity index is 1150. The highest BCUT2D eigenvalue weighted by atomic mass is 32.2. The Morgan fingerprint density at radius 1 is 0.968 bits per heavy atom. The number of rotatable bonds is 9. The van der Waals surface area contributed by atoms with Crippen molar-refractivity contribution in [1.82, 2.24) is 5.32 Å². The zero-order valence-corrected chi connectivity index (χ0v) is 17.5. The van der Waals surface area contributed by atoms with E-state index >= 15 is 0 Å². The van der Waals surface area contributed by atoms with Gasteiger partial charge in [0.25, 0.3) is 5.91 Å². The summed E-state index contributed by atoms with van der Waals surface area (Å²) in [5.74, 6) is -1.28. The molecular weight excluding hydrogens is 416 g/mol. The highest BCUT2D eigenvalue weighted by molar-refractivity contribution is 7.91. The first kappa shape index (κ1) is 22.5.